The third-order valence-electron chi connectivity index (χ3n) is 2.06. The van der Waals surface area contributed by atoms with Crippen LogP contribution in [0.1, 0.15) is 32.6 Å². The van der Waals surface area contributed by atoms with E-state index >= 15 is 0 Å². The molecule has 0 radical (unpaired) electrons. The molecule has 0 bridgehead atoms. The summed E-state index contributed by atoms with van der Waals surface area (Å²) in [6.07, 6.45) is 4.72. The Morgan fingerprint density at radius 2 is 2.09 bits per heavy atom. The molecule has 11 heavy (non-hydrogen) atoms. The summed E-state index contributed by atoms with van der Waals surface area (Å²) in [4.78, 5) is 11.1. The van der Waals surface area contributed by atoms with Crippen molar-refractivity contribution in [2.75, 3.05) is 0 Å². The highest BCUT2D eigenvalue weighted by Crippen LogP contribution is 2.17. The minimum Gasteiger partial charge on any atom is -0.352 e. The molecule has 1 rings (SSSR count). The van der Waals surface area contributed by atoms with Gasteiger partial charge in [-0.2, -0.15) is 0 Å². The SMILES string of the molecule is CC(Cl)C(=O)NC1CCCC1. The highest BCUT2D eigenvalue weighted by Gasteiger charge is 2.18. The van der Waals surface area contributed by atoms with Crippen molar-refractivity contribution < 1.29 is 4.79 Å². The molecule has 1 unspecified atom stereocenters. The third-order valence-corrected chi connectivity index (χ3v) is 2.26. The van der Waals surface area contributed by atoms with Crippen LogP contribution in [0.15, 0.2) is 0 Å². The minimum atomic E-state index is -0.393. The van der Waals surface area contributed by atoms with Crippen molar-refractivity contribution in [3.63, 3.8) is 0 Å². The van der Waals surface area contributed by atoms with E-state index in [2.05, 4.69) is 5.32 Å². The van der Waals surface area contributed by atoms with Crippen molar-refractivity contribution in [3.05, 3.63) is 0 Å². The number of rotatable bonds is 2. The molecule has 1 amide bonds. The Kier molecular flexibility index (Phi) is 3.18. The van der Waals surface area contributed by atoms with E-state index in [0.29, 0.717) is 6.04 Å². The van der Waals surface area contributed by atoms with Gasteiger partial charge in [0.25, 0.3) is 0 Å². The molecular formula is C8H14ClNO. The van der Waals surface area contributed by atoms with Gasteiger partial charge in [-0.25, -0.2) is 0 Å². The van der Waals surface area contributed by atoms with Gasteiger partial charge in [-0.3, -0.25) is 4.79 Å². The van der Waals surface area contributed by atoms with Gasteiger partial charge < -0.3 is 5.32 Å². The van der Waals surface area contributed by atoms with Gasteiger partial charge in [0.05, 0.1) is 0 Å². The van der Waals surface area contributed by atoms with E-state index in [4.69, 9.17) is 11.6 Å². The number of hydrogen-bond acceptors (Lipinski definition) is 1. The summed E-state index contributed by atoms with van der Waals surface area (Å²) < 4.78 is 0. The number of halogens is 1. The number of amides is 1. The summed E-state index contributed by atoms with van der Waals surface area (Å²) in [6.45, 7) is 1.70. The summed E-state index contributed by atoms with van der Waals surface area (Å²) in [5.41, 5.74) is 0. The van der Waals surface area contributed by atoms with Gasteiger partial charge in [0.1, 0.15) is 5.38 Å². The monoisotopic (exact) mass is 175 g/mol. The van der Waals surface area contributed by atoms with E-state index in [1.165, 1.54) is 12.8 Å². The highest BCUT2D eigenvalue weighted by molar-refractivity contribution is 6.30. The van der Waals surface area contributed by atoms with Crippen LogP contribution < -0.4 is 5.32 Å². The Hall–Kier alpha value is -0.240. The molecule has 64 valence electrons. The molecule has 2 nitrogen and oxygen atoms in total. The molecular weight excluding hydrogens is 162 g/mol. The van der Waals surface area contributed by atoms with Crippen molar-refractivity contribution in [2.24, 2.45) is 0 Å². The van der Waals surface area contributed by atoms with Crippen LogP contribution in [0.4, 0.5) is 0 Å². The van der Waals surface area contributed by atoms with Gasteiger partial charge in [0, 0.05) is 6.04 Å². The molecule has 1 aliphatic carbocycles. The fourth-order valence-electron chi connectivity index (χ4n) is 1.39. The lowest BCUT2D eigenvalue weighted by molar-refractivity contribution is -0.121. The fraction of sp³-hybridized carbons (Fsp3) is 0.875. The molecule has 3 heteroatoms. The highest BCUT2D eigenvalue weighted by atomic mass is 35.5. The lowest BCUT2D eigenvalue weighted by Gasteiger charge is -2.12. The second kappa shape index (κ2) is 3.96. The molecule has 1 N–H and O–H groups in total. The van der Waals surface area contributed by atoms with E-state index in [0.717, 1.165) is 12.8 Å². The Labute approximate surface area is 72.3 Å². The third kappa shape index (κ3) is 2.70. The Balaban J connectivity index is 2.24. The predicted molar refractivity (Wildman–Crippen MR) is 45.7 cm³/mol. The van der Waals surface area contributed by atoms with Crippen molar-refractivity contribution in [1.29, 1.82) is 0 Å². The van der Waals surface area contributed by atoms with Crippen LogP contribution in [-0.4, -0.2) is 17.3 Å². The second-order valence-corrected chi connectivity index (χ2v) is 3.76. The summed E-state index contributed by atoms with van der Waals surface area (Å²) in [6, 6.07) is 0.392. The van der Waals surface area contributed by atoms with Gasteiger partial charge in [-0.05, 0) is 19.8 Å². The van der Waals surface area contributed by atoms with Gasteiger partial charge in [0.2, 0.25) is 5.91 Å². The normalized spacial score (nSPS) is 21.6. The number of nitrogens with one attached hydrogen (secondary N) is 1. The number of alkyl halides is 1. The maximum Gasteiger partial charge on any atom is 0.237 e. The standard InChI is InChI=1S/C8H14ClNO/c1-6(9)8(11)10-7-4-2-3-5-7/h6-7H,2-5H2,1H3,(H,10,11). The summed E-state index contributed by atoms with van der Waals surface area (Å²) in [5, 5.41) is 2.51. The zero-order valence-electron chi connectivity index (χ0n) is 6.77. The lowest BCUT2D eigenvalue weighted by atomic mass is 10.2. The lowest BCUT2D eigenvalue weighted by Crippen LogP contribution is -2.36. The molecule has 1 fully saturated rings. The molecule has 1 aliphatic rings. The predicted octanol–water partition coefficient (Wildman–Crippen LogP) is 1.67. The fourth-order valence-corrected chi connectivity index (χ4v) is 1.45. The smallest absolute Gasteiger partial charge is 0.237 e. The van der Waals surface area contributed by atoms with Gasteiger partial charge in [-0.15, -0.1) is 11.6 Å². The summed E-state index contributed by atoms with van der Waals surface area (Å²) in [5.74, 6) is -0.0291. The number of hydrogen-bond donors (Lipinski definition) is 1. The molecule has 0 aromatic carbocycles. The Bertz CT molecular complexity index is 141. The summed E-state index contributed by atoms with van der Waals surface area (Å²) in [7, 11) is 0. The van der Waals surface area contributed by atoms with Gasteiger partial charge in [0.15, 0.2) is 0 Å². The average molecular weight is 176 g/mol. The van der Waals surface area contributed by atoms with Crippen molar-refractivity contribution in [2.45, 2.75) is 44.0 Å². The van der Waals surface area contributed by atoms with Crippen LogP contribution in [0.2, 0.25) is 0 Å². The number of carbonyl (C=O) groups is 1. The maximum atomic E-state index is 11.1. The molecule has 0 spiro atoms. The van der Waals surface area contributed by atoms with E-state index in [1.807, 2.05) is 0 Å². The Morgan fingerprint density at radius 3 is 2.55 bits per heavy atom. The van der Waals surface area contributed by atoms with E-state index in [-0.39, 0.29) is 5.91 Å². The first-order valence-electron chi connectivity index (χ1n) is 4.14. The molecule has 0 aromatic heterocycles. The average Bonchev–Trinajstić information content (AvgIpc) is 2.39. The van der Waals surface area contributed by atoms with E-state index in [1.54, 1.807) is 6.92 Å². The first-order valence-corrected chi connectivity index (χ1v) is 4.58. The molecule has 0 aliphatic heterocycles. The topological polar surface area (TPSA) is 29.1 Å². The van der Waals surface area contributed by atoms with Crippen LogP contribution in [0, 0.1) is 0 Å². The van der Waals surface area contributed by atoms with Crippen molar-refractivity contribution >= 4 is 17.5 Å². The quantitative estimate of drug-likeness (QED) is 0.636. The molecule has 1 atom stereocenters. The Morgan fingerprint density at radius 1 is 1.55 bits per heavy atom. The van der Waals surface area contributed by atoms with Crippen LogP contribution in [0.3, 0.4) is 0 Å². The van der Waals surface area contributed by atoms with Crippen molar-refractivity contribution in [1.82, 2.24) is 5.32 Å². The van der Waals surface area contributed by atoms with E-state index < -0.39 is 5.38 Å². The summed E-state index contributed by atoms with van der Waals surface area (Å²) >= 11 is 5.59. The van der Waals surface area contributed by atoms with Gasteiger partial charge in [-0.1, -0.05) is 12.8 Å². The molecule has 0 saturated heterocycles. The zero-order chi connectivity index (χ0) is 8.27. The maximum absolute atomic E-state index is 11.1. The number of carbonyl (C=O) groups excluding carboxylic acids is 1. The van der Waals surface area contributed by atoms with Crippen LogP contribution in [0.5, 0.6) is 0 Å². The van der Waals surface area contributed by atoms with Gasteiger partial charge >= 0.3 is 0 Å². The minimum absolute atomic E-state index is 0.0291. The van der Waals surface area contributed by atoms with Crippen LogP contribution in [-0.2, 0) is 4.79 Å². The zero-order valence-corrected chi connectivity index (χ0v) is 7.53. The molecule has 1 saturated carbocycles. The molecule has 0 aromatic rings. The van der Waals surface area contributed by atoms with Crippen molar-refractivity contribution in [3.8, 4) is 0 Å². The van der Waals surface area contributed by atoms with E-state index in [9.17, 15) is 4.79 Å². The first kappa shape index (κ1) is 8.85. The van der Waals surface area contributed by atoms with Crippen LogP contribution >= 0.6 is 11.6 Å². The first-order chi connectivity index (χ1) is 5.20. The molecule has 0 heterocycles. The second-order valence-electron chi connectivity index (χ2n) is 3.11. The van der Waals surface area contributed by atoms with Crippen LogP contribution in [0.25, 0.3) is 0 Å². The largest absolute Gasteiger partial charge is 0.352 e.